The van der Waals surface area contributed by atoms with Crippen molar-refractivity contribution >= 4 is 5.91 Å². The molecule has 2 aromatic carbocycles. The normalized spacial score (nSPS) is 21.5. The van der Waals surface area contributed by atoms with Crippen molar-refractivity contribution in [2.75, 3.05) is 20.2 Å². The van der Waals surface area contributed by atoms with Crippen LogP contribution in [0.3, 0.4) is 0 Å². The number of likely N-dealkylation sites (tertiary alicyclic amines) is 1. The Morgan fingerprint density at radius 1 is 1.12 bits per heavy atom. The zero-order valence-electron chi connectivity index (χ0n) is 14.2. The molecule has 1 heterocycles. The molecule has 0 bridgehead atoms. The van der Waals surface area contributed by atoms with Crippen LogP contribution in [0.15, 0.2) is 54.6 Å². The van der Waals surface area contributed by atoms with E-state index in [0.717, 1.165) is 11.3 Å². The lowest BCUT2D eigenvalue weighted by Crippen LogP contribution is -2.34. The highest BCUT2D eigenvalue weighted by atomic mass is 16.5. The molecule has 2 aromatic rings. The molecule has 1 unspecified atom stereocenters. The van der Waals surface area contributed by atoms with Crippen molar-refractivity contribution in [2.45, 2.75) is 24.8 Å². The third-order valence-corrected chi connectivity index (χ3v) is 4.89. The lowest BCUT2D eigenvalue weighted by Gasteiger charge is -2.21. The van der Waals surface area contributed by atoms with Gasteiger partial charge in [0.25, 0.3) is 0 Å². The summed E-state index contributed by atoms with van der Waals surface area (Å²) in [6.45, 7) is 3.24. The lowest BCUT2D eigenvalue weighted by atomic mass is 9.95. The van der Waals surface area contributed by atoms with E-state index in [-0.39, 0.29) is 23.8 Å². The van der Waals surface area contributed by atoms with Crippen molar-refractivity contribution in [3.05, 3.63) is 65.7 Å². The van der Waals surface area contributed by atoms with Gasteiger partial charge in [0.2, 0.25) is 5.91 Å². The van der Waals surface area contributed by atoms with Gasteiger partial charge in [-0.05, 0) is 30.2 Å². The van der Waals surface area contributed by atoms with Gasteiger partial charge >= 0.3 is 0 Å². The Morgan fingerprint density at radius 2 is 1.79 bits per heavy atom. The first-order chi connectivity index (χ1) is 11.6. The summed E-state index contributed by atoms with van der Waals surface area (Å²) in [5, 5.41) is 0. The van der Waals surface area contributed by atoms with E-state index < -0.39 is 0 Å². The molecule has 1 fully saturated rings. The summed E-state index contributed by atoms with van der Waals surface area (Å²) in [7, 11) is 1.64. The number of hydrogen-bond donors (Lipinski definition) is 1. The summed E-state index contributed by atoms with van der Waals surface area (Å²) in [6.07, 6.45) is 0. The predicted octanol–water partition coefficient (Wildman–Crippen LogP) is 2.75. The molecule has 4 heteroatoms. The van der Waals surface area contributed by atoms with Crippen molar-refractivity contribution in [3.63, 3.8) is 0 Å². The standard InChI is InChI=1S/C20H24N2O2/c1-14(15-8-10-17(24-2)11-9-15)20(23)22-12-18(19(21)13-22)16-6-4-3-5-7-16/h3-11,14,18-19H,12-13,21H2,1-2H3/t14?,18-,19+/m0/s1. The molecule has 0 aliphatic carbocycles. The molecule has 1 amide bonds. The van der Waals surface area contributed by atoms with E-state index in [1.54, 1.807) is 7.11 Å². The number of rotatable bonds is 4. The van der Waals surface area contributed by atoms with Crippen LogP contribution < -0.4 is 10.5 Å². The summed E-state index contributed by atoms with van der Waals surface area (Å²) >= 11 is 0. The van der Waals surface area contributed by atoms with Crippen LogP contribution in [0.2, 0.25) is 0 Å². The molecule has 0 saturated carbocycles. The van der Waals surface area contributed by atoms with Crippen LogP contribution in [0.5, 0.6) is 5.75 Å². The monoisotopic (exact) mass is 324 g/mol. The molecule has 0 radical (unpaired) electrons. The average molecular weight is 324 g/mol. The van der Waals surface area contributed by atoms with E-state index in [1.165, 1.54) is 5.56 Å². The van der Waals surface area contributed by atoms with Gasteiger partial charge in [-0.2, -0.15) is 0 Å². The maximum Gasteiger partial charge on any atom is 0.229 e. The first kappa shape index (κ1) is 16.5. The number of hydrogen-bond acceptors (Lipinski definition) is 3. The molecule has 24 heavy (non-hydrogen) atoms. The molecule has 3 rings (SSSR count). The van der Waals surface area contributed by atoms with Crippen LogP contribution in [0.4, 0.5) is 0 Å². The maximum absolute atomic E-state index is 12.9. The second-order valence-corrected chi connectivity index (χ2v) is 6.42. The van der Waals surface area contributed by atoms with E-state index in [0.29, 0.717) is 13.1 Å². The van der Waals surface area contributed by atoms with E-state index >= 15 is 0 Å². The van der Waals surface area contributed by atoms with Crippen molar-refractivity contribution in [1.29, 1.82) is 0 Å². The molecule has 3 atom stereocenters. The van der Waals surface area contributed by atoms with Crippen molar-refractivity contribution in [1.82, 2.24) is 4.90 Å². The zero-order valence-corrected chi connectivity index (χ0v) is 14.2. The minimum atomic E-state index is -0.183. The third-order valence-electron chi connectivity index (χ3n) is 4.89. The van der Waals surface area contributed by atoms with Crippen LogP contribution in [0, 0.1) is 0 Å². The summed E-state index contributed by atoms with van der Waals surface area (Å²) < 4.78 is 5.17. The highest BCUT2D eigenvalue weighted by Gasteiger charge is 2.35. The van der Waals surface area contributed by atoms with Crippen LogP contribution in [0.1, 0.15) is 29.9 Å². The Morgan fingerprint density at radius 3 is 2.42 bits per heavy atom. The van der Waals surface area contributed by atoms with Gasteiger partial charge < -0.3 is 15.4 Å². The Balaban J connectivity index is 1.71. The van der Waals surface area contributed by atoms with Gasteiger partial charge in [0.05, 0.1) is 13.0 Å². The molecular weight excluding hydrogens is 300 g/mol. The van der Waals surface area contributed by atoms with Crippen LogP contribution in [0.25, 0.3) is 0 Å². The average Bonchev–Trinajstić information content (AvgIpc) is 3.03. The van der Waals surface area contributed by atoms with E-state index in [9.17, 15) is 4.79 Å². The molecule has 1 saturated heterocycles. The summed E-state index contributed by atoms with van der Waals surface area (Å²) in [5.74, 6) is 0.954. The maximum atomic E-state index is 12.9. The number of amides is 1. The Hall–Kier alpha value is -2.33. The molecule has 4 nitrogen and oxygen atoms in total. The van der Waals surface area contributed by atoms with Gasteiger partial charge in [0.1, 0.15) is 5.75 Å². The number of methoxy groups -OCH3 is 1. The number of carbonyl (C=O) groups is 1. The van der Waals surface area contributed by atoms with Gasteiger partial charge in [-0.25, -0.2) is 0 Å². The van der Waals surface area contributed by atoms with Crippen LogP contribution >= 0.6 is 0 Å². The summed E-state index contributed by atoms with van der Waals surface area (Å²) in [6, 6.07) is 17.9. The molecular formula is C20H24N2O2. The fraction of sp³-hybridized carbons (Fsp3) is 0.350. The number of nitrogens with two attached hydrogens (primary N) is 1. The largest absolute Gasteiger partial charge is 0.497 e. The van der Waals surface area contributed by atoms with Gasteiger partial charge in [0, 0.05) is 25.0 Å². The molecule has 2 N–H and O–H groups in total. The van der Waals surface area contributed by atoms with Crippen molar-refractivity contribution in [2.24, 2.45) is 5.73 Å². The SMILES string of the molecule is COc1ccc(C(C)C(=O)N2C[C@@H](N)[C@H](c3ccccc3)C2)cc1. The smallest absolute Gasteiger partial charge is 0.229 e. The van der Waals surface area contributed by atoms with Crippen molar-refractivity contribution in [3.8, 4) is 5.75 Å². The lowest BCUT2D eigenvalue weighted by molar-refractivity contribution is -0.131. The minimum absolute atomic E-state index is 0.0144. The van der Waals surface area contributed by atoms with Gasteiger partial charge in [-0.1, -0.05) is 42.5 Å². The van der Waals surface area contributed by atoms with Gasteiger partial charge in [-0.3, -0.25) is 4.79 Å². The number of ether oxygens (including phenoxy) is 1. The Bertz CT molecular complexity index is 685. The minimum Gasteiger partial charge on any atom is -0.497 e. The number of carbonyl (C=O) groups excluding carboxylic acids is 1. The predicted molar refractivity (Wildman–Crippen MR) is 95.1 cm³/mol. The van der Waals surface area contributed by atoms with E-state index in [4.69, 9.17) is 10.5 Å². The summed E-state index contributed by atoms with van der Waals surface area (Å²) in [5.41, 5.74) is 8.51. The molecule has 0 spiro atoms. The Kier molecular flexibility index (Phi) is 4.86. The number of benzene rings is 2. The Labute approximate surface area is 143 Å². The highest BCUT2D eigenvalue weighted by molar-refractivity contribution is 5.83. The van der Waals surface area contributed by atoms with Gasteiger partial charge in [0.15, 0.2) is 0 Å². The quantitative estimate of drug-likeness (QED) is 0.941. The first-order valence-corrected chi connectivity index (χ1v) is 8.33. The van der Waals surface area contributed by atoms with Gasteiger partial charge in [-0.15, -0.1) is 0 Å². The van der Waals surface area contributed by atoms with Crippen LogP contribution in [-0.4, -0.2) is 37.0 Å². The van der Waals surface area contributed by atoms with Crippen molar-refractivity contribution < 1.29 is 9.53 Å². The molecule has 126 valence electrons. The van der Waals surface area contributed by atoms with Crippen LogP contribution in [-0.2, 0) is 4.79 Å². The summed E-state index contributed by atoms with van der Waals surface area (Å²) in [4.78, 5) is 14.8. The second-order valence-electron chi connectivity index (χ2n) is 6.42. The zero-order chi connectivity index (χ0) is 17.1. The first-order valence-electron chi connectivity index (χ1n) is 8.33. The number of nitrogens with zero attached hydrogens (tertiary/aromatic N) is 1. The topological polar surface area (TPSA) is 55.6 Å². The van der Waals surface area contributed by atoms with E-state index in [1.807, 2.05) is 54.3 Å². The highest BCUT2D eigenvalue weighted by Crippen LogP contribution is 2.29. The van der Waals surface area contributed by atoms with E-state index in [2.05, 4.69) is 12.1 Å². The fourth-order valence-corrected chi connectivity index (χ4v) is 3.37. The third kappa shape index (κ3) is 3.29. The molecule has 1 aliphatic heterocycles. The molecule has 0 aromatic heterocycles. The second kappa shape index (κ2) is 7.05. The molecule has 1 aliphatic rings. The fourth-order valence-electron chi connectivity index (χ4n) is 3.37.